The second-order valence-electron chi connectivity index (χ2n) is 4.25. The second-order valence-corrected chi connectivity index (χ2v) is 4.25. The van der Waals surface area contributed by atoms with E-state index in [1.807, 2.05) is 0 Å². The molecule has 84 valence electrons. The van der Waals surface area contributed by atoms with Crippen LogP contribution in [-0.4, -0.2) is 31.2 Å². The maximum absolute atomic E-state index is 9.35. The van der Waals surface area contributed by atoms with E-state index in [4.69, 9.17) is 9.47 Å². The third-order valence-corrected chi connectivity index (χ3v) is 3.52. The Balaban J connectivity index is 2.72. The van der Waals surface area contributed by atoms with Crippen molar-refractivity contribution in [3.8, 4) is 0 Å². The van der Waals surface area contributed by atoms with Crippen LogP contribution in [0.25, 0.3) is 0 Å². The van der Waals surface area contributed by atoms with Gasteiger partial charge in [-0.05, 0) is 18.3 Å². The van der Waals surface area contributed by atoms with Crippen molar-refractivity contribution in [3.63, 3.8) is 0 Å². The first-order chi connectivity index (χ1) is 6.65. The molecule has 0 bridgehead atoms. The molecule has 1 aliphatic heterocycles. The molecule has 1 rings (SSSR count). The monoisotopic (exact) mass is 202 g/mol. The van der Waals surface area contributed by atoms with Crippen molar-refractivity contribution < 1.29 is 14.6 Å². The molecule has 1 saturated heterocycles. The van der Waals surface area contributed by atoms with E-state index in [0.717, 1.165) is 6.42 Å². The third-order valence-electron chi connectivity index (χ3n) is 3.52. The van der Waals surface area contributed by atoms with Crippen LogP contribution < -0.4 is 0 Å². The first-order valence-corrected chi connectivity index (χ1v) is 5.44. The SMILES string of the molecule is CCC1OC(OC)C(C)[C@@H](CO)[C@H]1C. The molecule has 3 nitrogen and oxygen atoms in total. The Labute approximate surface area is 86.4 Å². The summed E-state index contributed by atoms with van der Waals surface area (Å²) >= 11 is 0. The topological polar surface area (TPSA) is 38.7 Å². The quantitative estimate of drug-likeness (QED) is 0.756. The van der Waals surface area contributed by atoms with Crippen LogP contribution in [0.4, 0.5) is 0 Å². The molecule has 0 aromatic carbocycles. The molecule has 0 amide bonds. The van der Waals surface area contributed by atoms with Gasteiger partial charge in [0.15, 0.2) is 6.29 Å². The maximum atomic E-state index is 9.35. The number of aliphatic hydroxyl groups excluding tert-OH is 1. The van der Waals surface area contributed by atoms with Gasteiger partial charge in [0, 0.05) is 19.6 Å². The summed E-state index contributed by atoms with van der Waals surface area (Å²) in [6.07, 6.45) is 1.03. The largest absolute Gasteiger partial charge is 0.396 e. The first kappa shape index (κ1) is 12.0. The molecule has 0 spiro atoms. The molecule has 0 saturated carbocycles. The Kier molecular flexibility index (Phi) is 4.35. The number of ether oxygens (including phenoxy) is 2. The van der Waals surface area contributed by atoms with Gasteiger partial charge in [-0.3, -0.25) is 0 Å². The van der Waals surface area contributed by atoms with Crippen molar-refractivity contribution >= 4 is 0 Å². The van der Waals surface area contributed by atoms with Crippen molar-refractivity contribution in [1.82, 2.24) is 0 Å². The molecular formula is C11H22O3. The van der Waals surface area contributed by atoms with Gasteiger partial charge < -0.3 is 14.6 Å². The fraction of sp³-hybridized carbons (Fsp3) is 1.00. The average molecular weight is 202 g/mol. The molecule has 0 aliphatic carbocycles. The number of rotatable bonds is 3. The normalized spacial score (nSPS) is 43.9. The summed E-state index contributed by atoms with van der Waals surface area (Å²) in [5.74, 6) is 0.966. The van der Waals surface area contributed by atoms with Gasteiger partial charge in [-0.15, -0.1) is 0 Å². The summed E-state index contributed by atoms with van der Waals surface area (Å²) in [5.41, 5.74) is 0. The lowest BCUT2D eigenvalue weighted by Crippen LogP contribution is -2.47. The number of hydrogen-bond acceptors (Lipinski definition) is 3. The zero-order valence-corrected chi connectivity index (χ0v) is 9.56. The molecule has 5 atom stereocenters. The van der Waals surface area contributed by atoms with Gasteiger partial charge in [-0.2, -0.15) is 0 Å². The van der Waals surface area contributed by atoms with Crippen molar-refractivity contribution in [3.05, 3.63) is 0 Å². The fourth-order valence-electron chi connectivity index (χ4n) is 2.45. The molecule has 0 radical (unpaired) electrons. The Morgan fingerprint density at radius 1 is 1.29 bits per heavy atom. The molecular weight excluding hydrogens is 180 g/mol. The van der Waals surface area contributed by atoms with E-state index in [2.05, 4.69) is 20.8 Å². The molecule has 1 heterocycles. The van der Waals surface area contributed by atoms with Crippen LogP contribution in [0.1, 0.15) is 27.2 Å². The third kappa shape index (κ3) is 2.10. The van der Waals surface area contributed by atoms with Crippen molar-refractivity contribution in [2.45, 2.75) is 39.6 Å². The van der Waals surface area contributed by atoms with E-state index in [9.17, 15) is 5.11 Å². The molecule has 1 N–H and O–H groups in total. The fourth-order valence-corrected chi connectivity index (χ4v) is 2.45. The summed E-state index contributed by atoms with van der Waals surface area (Å²) in [7, 11) is 1.66. The van der Waals surface area contributed by atoms with Gasteiger partial charge in [-0.25, -0.2) is 0 Å². The van der Waals surface area contributed by atoms with E-state index >= 15 is 0 Å². The predicted molar refractivity (Wildman–Crippen MR) is 54.9 cm³/mol. The highest BCUT2D eigenvalue weighted by atomic mass is 16.7. The number of methoxy groups -OCH3 is 1. The Morgan fingerprint density at radius 3 is 2.36 bits per heavy atom. The van der Waals surface area contributed by atoms with Crippen LogP contribution in [0.5, 0.6) is 0 Å². The Hall–Kier alpha value is -0.120. The van der Waals surface area contributed by atoms with Gasteiger partial charge in [0.1, 0.15) is 0 Å². The molecule has 0 aromatic heterocycles. The van der Waals surface area contributed by atoms with E-state index in [-0.39, 0.29) is 24.9 Å². The predicted octanol–water partition coefficient (Wildman–Crippen LogP) is 1.65. The number of hydrogen-bond donors (Lipinski definition) is 1. The Morgan fingerprint density at radius 2 is 1.93 bits per heavy atom. The summed E-state index contributed by atoms with van der Waals surface area (Å²) < 4.78 is 11.1. The van der Waals surface area contributed by atoms with Crippen molar-refractivity contribution in [1.29, 1.82) is 0 Å². The second kappa shape index (κ2) is 5.10. The lowest BCUT2D eigenvalue weighted by Gasteiger charge is -2.43. The lowest BCUT2D eigenvalue weighted by molar-refractivity contribution is -0.244. The van der Waals surface area contributed by atoms with Gasteiger partial charge in [0.25, 0.3) is 0 Å². The van der Waals surface area contributed by atoms with E-state index in [0.29, 0.717) is 11.8 Å². The summed E-state index contributed by atoms with van der Waals surface area (Å²) in [5, 5.41) is 9.35. The van der Waals surface area contributed by atoms with E-state index < -0.39 is 0 Å². The minimum Gasteiger partial charge on any atom is -0.396 e. The molecule has 0 aromatic rings. The van der Waals surface area contributed by atoms with Crippen LogP contribution in [0.15, 0.2) is 0 Å². The van der Waals surface area contributed by atoms with Crippen LogP contribution in [-0.2, 0) is 9.47 Å². The average Bonchev–Trinajstić information content (AvgIpc) is 2.19. The van der Waals surface area contributed by atoms with Crippen LogP contribution in [0.3, 0.4) is 0 Å². The highest BCUT2D eigenvalue weighted by Gasteiger charge is 2.40. The Bertz CT molecular complexity index is 156. The highest BCUT2D eigenvalue weighted by molar-refractivity contribution is 4.83. The number of aliphatic hydroxyl groups is 1. The molecule has 1 fully saturated rings. The van der Waals surface area contributed by atoms with Crippen molar-refractivity contribution in [2.75, 3.05) is 13.7 Å². The van der Waals surface area contributed by atoms with Gasteiger partial charge >= 0.3 is 0 Å². The van der Waals surface area contributed by atoms with Gasteiger partial charge in [0.05, 0.1) is 6.10 Å². The zero-order chi connectivity index (χ0) is 10.7. The highest BCUT2D eigenvalue weighted by Crippen LogP contribution is 2.36. The zero-order valence-electron chi connectivity index (χ0n) is 9.56. The molecule has 1 aliphatic rings. The molecule has 3 heteroatoms. The summed E-state index contributed by atoms with van der Waals surface area (Å²) in [6, 6.07) is 0. The maximum Gasteiger partial charge on any atom is 0.160 e. The minimum atomic E-state index is -0.159. The van der Waals surface area contributed by atoms with Gasteiger partial charge in [-0.1, -0.05) is 20.8 Å². The van der Waals surface area contributed by atoms with E-state index in [1.165, 1.54) is 0 Å². The van der Waals surface area contributed by atoms with Crippen LogP contribution in [0.2, 0.25) is 0 Å². The van der Waals surface area contributed by atoms with Crippen LogP contribution in [0, 0.1) is 17.8 Å². The summed E-state index contributed by atoms with van der Waals surface area (Å²) in [4.78, 5) is 0. The van der Waals surface area contributed by atoms with Gasteiger partial charge in [0.2, 0.25) is 0 Å². The molecule has 14 heavy (non-hydrogen) atoms. The lowest BCUT2D eigenvalue weighted by atomic mass is 9.77. The first-order valence-electron chi connectivity index (χ1n) is 5.44. The summed E-state index contributed by atoms with van der Waals surface area (Å²) in [6.45, 7) is 6.56. The minimum absolute atomic E-state index is 0.159. The van der Waals surface area contributed by atoms with Crippen molar-refractivity contribution in [2.24, 2.45) is 17.8 Å². The smallest absolute Gasteiger partial charge is 0.160 e. The van der Waals surface area contributed by atoms with Crippen LogP contribution >= 0.6 is 0 Å². The van der Waals surface area contributed by atoms with E-state index in [1.54, 1.807) is 7.11 Å². The standard InChI is InChI=1S/C11H22O3/c1-5-10-7(2)9(6-12)8(3)11(13-4)14-10/h7-12H,5-6H2,1-4H3/t7-,8?,9+,10?,11?/m1/s1. The molecule has 3 unspecified atom stereocenters.